The van der Waals surface area contributed by atoms with Crippen LogP contribution in [0.15, 0.2) is 42.7 Å². The minimum atomic E-state index is -1.94. The van der Waals surface area contributed by atoms with E-state index in [4.69, 9.17) is 18.9 Å². The van der Waals surface area contributed by atoms with Gasteiger partial charge in [-0.15, -0.1) is 0 Å². The van der Waals surface area contributed by atoms with Crippen molar-refractivity contribution in [2.75, 3.05) is 6.61 Å². The van der Waals surface area contributed by atoms with E-state index in [-0.39, 0.29) is 12.2 Å². The molecule has 12 nitrogen and oxygen atoms in total. The summed E-state index contributed by atoms with van der Waals surface area (Å²) in [6.07, 6.45) is -5.96. The average Bonchev–Trinajstić information content (AvgIpc) is 3.04. The number of fused-ring (bicyclic) bond motifs is 1. The van der Waals surface area contributed by atoms with E-state index in [0.29, 0.717) is 5.56 Å². The van der Waals surface area contributed by atoms with Crippen molar-refractivity contribution >= 4 is 12.0 Å². The number of hydrogen-bond acceptors (Lipinski definition) is 12. The second-order valence-electron chi connectivity index (χ2n) is 9.38. The molecule has 3 aliphatic rings. The lowest BCUT2D eigenvalue weighted by Crippen LogP contribution is -2.62. The van der Waals surface area contributed by atoms with Crippen LogP contribution < -0.4 is 0 Å². The summed E-state index contributed by atoms with van der Waals surface area (Å²) in [5.74, 6) is -1.93. The van der Waals surface area contributed by atoms with Gasteiger partial charge in [0.1, 0.15) is 41.4 Å². The second-order valence-corrected chi connectivity index (χ2v) is 9.38. The molecule has 36 heavy (non-hydrogen) atoms. The van der Waals surface area contributed by atoms with Crippen LogP contribution in [0.4, 0.5) is 0 Å². The quantitative estimate of drug-likeness (QED) is 0.173. The lowest BCUT2D eigenvalue weighted by atomic mass is 9.81. The molecule has 1 saturated carbocycles. The van der Waals surface area contributed by atoms with Gasteiger partial charge in [0.15, 0.2) is 6.29 Å². The summed E-state index contributed by atoms with van der Waals surface area (Å²) in [5, 5.41) is 71.1. The lowest BCUT2D eigenvalue weighted by molar-refractivity contribution is -0.351. The molecule has 1 aliphatic carbocycles. The molecule has 1 aromatic carbocycles. The Balaban J connectivity index is 1.54. The van der Waals surface area contributed by atoms with E-state index in [1.54, 1.807) is 12.1 Å². The van der Waals surface area contributed by atoms with Gasteiger partial charge in [0.05, 0.1) is 24.9 Å². The maximum absolute atomic E-state index is 12.7. The Kier molecular flexibility index (Phi) is 7.42. The number of hydrogen-bond donors (Lipinski definition) is 7. The van der Waals surface area contributed by atoms with Crippen molar-refractivity contribution in [1.29, 1.82) is 0 Å². The van der Waals surface area contributed by atoms with Gasteiger partial charge < -0.3 is 54.7 Å². The molecule has 2 fully saturated rings. The number of benzene rings is 1. The third-order valence-electron chi connectivity index (χ3n) is 6.86. The Morgan fingerprint density at radius 1 is 1.11 bits per heavy atom. The Morgan fingerprint density at radius 3 is 2.47 bits per heavy atom. The smallest absolute Gasteiger partial charge is 0.331 e. The third kappa shape index (κ3) is 4.86. The van der Waals surface area contributed by atoms with E-state index in [9.17, 15) is 40.5 Å². The number of esters is 1. The summed E-state index contributed by atoms with van der Waals surface area (Å²) in [6.45, 7) is 0.808. The Labute approximate surface area is 206 Å². The largest absolute Gasteiger partial charge is 0.508 e. The van der Waals surface area contributed by atoms with Crippen molar-refractivity contribution in [3.05, 3.63) is 48.2 Å². The fraction of sp³-hybridized carbons (Fsp3) is 0.542. The zero-order valence-electron chi connectivity index (χ0n) is 19.3. The lowest BCUT2D eigenvalue weighted by Gasteiger charge is -2.45. The normalized spacial score (nSPS) is 42.2. The van der Waals surface area contributed by atoms with Gasteiger partial charge in [-0.2, -0.15) is 0 Å². The zero-order chi connectivity index (χ0) is 26.3. The first kappa shape index (κ1) is 26.5. The molecule has 0 aromatic heterocycles. The molecule has 2 heterocycles. The van der Waals surface area contributed by atoms with Crippen LogP contribution in [0.3, 0.4) is 0 Å². The predicted molar refractivity (Wildman–Crippen MR) is 120 cm³/mol. The van der Waals surface area contributed by atoms with Crippen LogP contribution in [-0.2, 0) is 23.7 Å². The van der Waals surface area contributed by atoms with E-state index in [1.807, 2.05) is 0 Å². The first-order valence-electron chi connectivity index (χ1n) is 11.4. The number of aliphatic hydroxyl groups is 6. The number of phenolic OH excluding ortho intramolecular Hbond substituents is 1. The van der Waals surface area contributed by atoms with Crippen LogP contribution in [0.25, 0.3) is 6.08 Å². The molecule has 4 rings (SSSR count). The highest BCUT2D eigenvalue weighted by Crippen LogP contribution is 2.51. The van der Waals surface area contributed by atoms with E-state index >= 15 is 0 Å². The predicted octanol–water partition coefficient (Wildman–Crippen LogP) is -1.49. The highest BCUT2D eigenvalue weighted by atomic mass is 16.8. The maximum atomic E-state index is 12.7. The summed E-state index contributed by atoms with van der Waals surface area (Å²) >= 11 is 0. The number of carbonyl (C=O) groups is 1. The number of aliphatic hydroxyl groups excluding tert-OH is 5. The first-order valence-corrected chi connectivity index (χ1v) is 11.4. The maximum Gasteiger partial charge on any atom is 0.331 e. The molecule has 0 amide bonds. The van der Waals surface area contributed by atoms with Crippen LogP contribution in [0, 0.1) is 5.92 Å². The van der Waals surface area contributed by atoms with Gasteiger partial charge in [-0.25, -0.2) is 4.79 Å². The molecule has 1 aromatic rings. The van der Waals surface area contributed by atoms with Crippen LogP contribution >= 0.6 is 0 Å². The molecular weight excluding hydrogens is 480 g/mol. The topological polar surface area (TPSA) is 196 Å². The Bertz CT molecular complexity index is 993. The standard InChI is InChI=1S/C24H30O12/c1-23(36-16(28)7-4-12-2-5-13(26)6-3-12)10-15(27)24(32)8-9-33-22(20(23)24)35-21-19(31)18(30)17(29)14(11-25)34-21/h2-9,14-15,17-22,25-27,29-32H,10-11H2,1H3/b7-4+/t14-,15-,17-,18+,19-,20-,21+,22+,23+,24-/m1/s1. The highest BCUT2D eigenvalue weighted by molar-refractivity contribution is 5.87. The van der Waals surface area contributed by atoms with E-state index < -0.39 is 72.8 Å². The van der Waals surface area contributed by atoms with Crippen LogP contribution in [0.2, 0.25) is 0 Å². The van der Waals surface area contributed by atoms with Crippen LogP contribution in [0.5, 0.6) is 5.75 Å². The summed E-state index contributed by atoms with van der Waals surface area (Å²) in [5.41, 5.74) is -2.84. The first-order chi connectivity index (χ1) is 17.0. The van der Waals surface area contributed by atoms with Crippen molar-refractivity contribution in [2.24, 2.45) is 5.92 Å². The second kappa shape index (κ2) is 10.1. The molecule has 0 spiro atoms. The van der Waals surface area contributed by atoms with Crippen molar-refractivity contribution in [3.63, 3.8) is 0 Å². The number of aromatic hydroxyl groups is 1. The Morgan fingerprint density at radius 2 is 1.81 bits per heavy atom. The average molecular weight is 510 g/mol. The molecular formula is C24H30O12. The minimum absolute atomic E-state index is 0.0669. The summed E-state index contributed by atoms with van der Waals surface area (Å²) in [4.78, 5) is 12.7. The van der Waals surface area contributed by atoms with Crippen molar-refractivity contribution < 1.29 is 59.5 Å². The van der Waals surface area contributed by atoms with E-state index in [0.717, 1.165) is 12.3 Å². The van der Waals surface area contributed by atoms with E-state index in [1.165, 1.54) is 31.2 Å². The summed E-state index contributed by atoms with van der Waals surface area (Å²) in [6, 6.07) is 6.07. The number of ether oxygens (including phenoxy) is 4. The number of rotatable bonds is 6. The summed E-state index contributed by atoms with van der Waals surface area (Å²) < 4.78 is 22.2. The van der Waals surface area contributed by atoms with Crippen molar-refractivity contribution in [1.82, 2.24) is 0 Å². The van der Waals surface area contributed by atoms with Gasteiger partial charge in [0.2, 0.25) is 6.29 Å². The minimum Gasteiger partial charge on any atom is -0.508 e. The fourth-order valence-electron chi connectivity index (χ4n) is 4.94. The molecule has 12 heteroatoms. The molecule has 0 bridgehead atoms. The van der Waals surface area contributed by atoms with Gasteiger partial charge >= 0.3 is 5.97 Å². The van der Waals surface area contributed by atoms with Gasteiger partial charge in [-0.1, -0.05) is 12.1 Å². The van der Waals surface area contributed by atoms with Crippen molar-refractivity contribution in [2.45, 2.75) is 67.6 Å². The van der Waals surface area contributed by atoms with Gasteiger partial charge in [-0.05, 0) is 36.8 Å². The monoisotopic (exact) mass is 510 g/mol. The van der Waals surface area contributed by atoms with Crippen LogP contribution in [0.1, 0.15) is 18.9 Å². The zero-order valence-corrected chi connectivity index (χ0v) is 19.3. The molecule has 0 radical (unpaired) electrons. The molecule has 2 aliphatic heterocycles. The third-order valence-corrected chi connectivity index (χ3v) is 6.86. The Hall–Kier alpha value is -2.55. The molecule has 0 unspecified atom stereocenters. The number of phenols is 1. The van der Waals surface area contributed by atoms with Crippen LogP contribution in [-0.4, -0.2) is 103 Å². The fourth-order valence-corrected chi connectivity index (χ4v) is 4.94. The van der Waals surface area contributed by atoms with Gasteiger partial charge in [-0.3, -0.25) is 0 Å². The summed E-state index contributed by atoms with van der Waals surface area (Å²) in [7, 11) is 0. The van der Waals surface area contributed by atoms with Gasteiger partial charge in [0, 0.05) is 12.5 Å². The van der Waals surface area contributed by atoms with Gasteiger partial charge in [0.25, 0.3) is 0 Å². The molecule has 10 atom stereocenters. The number of carbonyl (C=O) groups excluding carboxylic acids is 1. The SMILES string of the molecule is C[C@]1(OC(=O)/C=C/c2ccc(O)cc2)C[C@@H](O)[C@]2(O)C=CO[C@@H](O[C@@H]3O[C@H](CO)[C@@H](O)[C@H](O)[C@H]3O)[C@@H]21. The highest BCUT2D eigenvalue weighted by Gasteiger charge is 2.66. The van der Waals surface area contributed by atoms with Crippen molar-refractivity contribution in [3.8, 4) is 5.75 Å². The molecule has 1 saturated heterocycles. The van der Waals surface area contributed by atoms with E-state index in [2.05, 4.69) is 0 Å². The molecule has 7 N–H and O–H groups in total. The molecule has 198 valence electrons.